The number of esters is 3. The average Bonchev–Trinajstić information content (AvgIpc) is 2.55. The van der Waals surface area contributed by atoms with Crippen LogP contribution in [0.25, 0.3) is 0 Å². The topological polar surface area (TPSA) is 78.9 Å². The molecule has 0 aromatic heterocycles. The summed E-state index contributed by atoms with van der Waals surface area (Å²) >= 11 is 1.33. The van der Waals surface area contributed by atoms with Gasteiger partial charge < -0.3 is 14.2 Å². The van der Waals surface area contributed by atoms with Crippen LogP contribution in [0.5, 0.6) is 0 Å². The smallest absolute Gasteiger partial charge is 0.303 e. The highest BCUT2D eigenvalue weighted by molar-refractivity contribution is 8.00. The van der Waals surface area contributed by atoms with Gasteiger partial charge in [0.05, 0.1) is 5.25 Å². The van der Waals surface area contributed by atoms with Gasteiger partial charge in [-0.2, -0.15) is 0 Å². The molecule has 1 rings (SSSR count). The monoisotopic (exact) mass is 276 g/mol. The lowest BCUT2D eigenvalue weighted by Gasteiger charge is -2.17. The van der Waals surface area contributed by atoms with Crippen molar-refractivity contribution in [2.24, 2.45) is 0 Å². The Morgan fingerprint density at radius 1 is 1.06 bits per heavy atom. The van der Waals surface area contributed by atoms with Crippen molar-refractivity contribution < 1.29 is 28.6 Å². The Morgan fingerprint density at radius 3 is 2.17 bits per heavy atom. The molecule has 1 heterocycles. The molecule has 3 atom stereocenters. The van der Waals surface area contributed by atoms with Crippen molar-refractivity contribution in [1.82, 2.24) is 0 Å². The van der Waals surface area contributed by atoms with Crippen LogP contribution in [0.15, 0.2) is 0 Å². The third kappa shape index (κ3) is 4.95. The zero-order chi connectivity index (χ0) is 13.7. The SMILES string of the molecule is CC(=O)OC[C@@H]1S[C@H](OC(C)=O)C[C@@H]1OC(C)=O. The second-order valence-electron chi connectivity index (χ2n) is 3.90. The van der Waals surface area contributed by atoms with E-state index in [1.165, 1.54) is 32.5 Å². The Morgan fingerprint density at radius 2 is 1.67 bits per heavy atom. The summed E-state index contributed by atoms with van der Waals surface area (Å²) in [6.45, 7) is 4.08. The molecule has 18 heavy (non-hydrogen) atoms. The maximum atomic E-state index is 11.0. The molecule has 1 aliphatic rings. The quantitative estimate of drug-likeness (QED) is 0.557. The molecule has 0 spiro atoms. The van der Waals surface area contributed by atoms with Gasteiger partial charge in [-0.15, -0.1) is 11.8 Å². The summed E-state index contributed by atoms with van der Waals surface area (Å²) < 4.78 is 15.1. The zero-order valence-electron chi connectivity index (χ0n) is 10.5. The molecule has 1 aliphatic heterocycles. The third-order valence-electron chi connectivity index (χ3n) is 2.23. The van der Waals surface area contributed by atoms with Gasteiger partial charge in [0.2, 0.25) is 0 Å². The number of thioether (sulfide) groups is 1. The Balaban J connectivity index is 2.56. The third-order valence-corrected chi connectivity index (χ3v) is 3.61. The molecule has 102 valence electrons. The van der Waals surface area contributed by atoms with Crippen molar-refractivity contribution in [3.05, 3.63) is 0 Å². The normalized spacial score (nSPS) is 26.5. The number of hydrogen-bond acceptors (Lipinski definition) is 7. The molecule has 0 saturated carbocycles. The standard InChI is InChI=1S/C11H16O6S/c1-6(12)15-5-10-9(16-7(2)13)4-11(18-10)17-8(3)14/h9-11H,4-5H2,1-3H3/t9-,10-,11-/m0/s1. The van der Waals surface area contributed by atoms with Crippen LogP contribution >= 0.6 is 11.8 Å². The summed E-state index contributed by atoms with van der Waals surface area (Å²) in [5.74, 6) is -1.19. The minimum Gasteiger partial charge on any atom is -0.465 e. The molecule has 0 aromatic rings. The van der Waals surface area contributed by atoms with Crippen LogP contribution in [-0.2, 0) is 28.6 Å². The van der Waals surface area contributed by atoms with Crippen molar-refractivity contribution in [2.45, 2.75) is 44.0 Å². The highest BCUT2D eigenvalue weighted by Gasteiger charge is 2.39. The van der Waals surface area contributed by atoms with Crippen molar-refractivity contribution >= 4 is 29.7 Å². The van der Waals surface area contributed by atoms with E-state index in [0.717, 1.165) is 0 Å². The molecule has 0 N–H and O–H groups in total. The average molecular weight is 276 g/mol. The van der Waals surface area contributed by atoms with E-state index in [4.69, 9.17) is 14.2 Å². The first kappa shape index (κ1) is 14.8. The van der Waals surface area contributed by atoms with Gasteiger partial charge >= 0.3 is 17.9 Å². The molecule has 1 fully saturated rings. The van der Waals surface area contributed by atoms with Crippen molar-refractivity contribution in [3.8, 4) is 0 Å². The predicted octanol–water partition coefficient (Wildman–Crippen LogP) is 0.876. The van der Waals surface area contributed by atoms with E-state index < -0.39 is 18.0 Å². The van der Waals surface area contributed by atoms with E-state index in [1.807, 2.05) is 0 Å². The van der Waals surface area contributed by atoms with Gasteiger partial charge in [0.1, 0.15) is 12.7 Å². The van der Waals surface area contributed by atoms with Crippen LogP contribution in [0, 0.1) is 0 Å². The number of carbonyl (C=O) groups is 3. The van der Waals surface area contributed by atoms with Crippen LogP contribution in [0.1, 0.15) is 27.2 Å². The van der Waals surface area contributed by atoms with E-state index >= 15 is 0 Å². The summed E-state index contributed by atoms with van der Waals surface area (Å²) in [5, 5.41) is -0.206. The fraction of sp³-hybridized carbons (Fsp3) is 0.727. The van der Waals surface area contributed by atoms with E-state index in [0.29, 0.717) is 6.42 Å². The van der Waals surface area contributed by atoms with Crippen LogP contribution in [0.2, 0.25) is 0 Å². The van der Waals surface area contributed by atoms with Crippen LogP contribution in [0.4, 0.5) is 0 Å². The Hall–Kier alpha value is -1.24. The molecule has 0 radical (unpaired) electrons. The second-order valence-corrected chi connectivity index (χ2v) is 5.30. The first-order chi connectivity index (χ1) is 8.38. The highest BCUT2D eigenvalue weighted by Crippen LogP contribution is 2.36. The molecule has 0 unspecified atom stereocenters. The summed E-state index contributed by atoms with van der Waals surface area (Å²) in [5.41, 5.74) is -0.368. The van der Waals surface area contributed by atoms with Gasteiger partial charge in [-0.05, 0) is 0 Å². The van der Waals surface area contributed by atoms with E-state index in [-0.39, 0.29) is 23.3 Å². The molecule has 1 saturated heterocycles. The fourth-order valence-electron chi connectivity index (χ4n) is 1.62. The van der Waals surface area contributed by atoms with Crippen molar-refractivity contribution in [1.29, 1.82) is 0 Å². The molecular formula is C11H16O6S. The summed E-state index contributed by atoms with van der Waals surface area (Å²) in [4.78, 5) is 32.6. The summed E-state index contributed by atoms with van der Waals surface area (Å²) in [7, 11) is 0. The van der Waals surface area contributed by atoms with Crippen LogP contribution in [0.3, 0.4) is 0 Å². The lowest BCUT2D eigenvalue weighted by atomic mass is 10.2. The molecule has 0 bridgehead atoms. The number of rotatable bonds is 4. The van der Waals surface area contributed by atoms with Gasteiger partial charge in [-0.3, -0.25) is 14.4 Å². The van der Waals surface area contributed by atoms with E-state index in [2.05, 4.69) is 0 Å². The predicted molar refractivity (Wildman–Crippen MR) is 63.7 cm³/mol. The van der Waals surface area contributed by atoms with E-state index in [1.54, 1.807) is 0 Å². The highest BCUT2D eigenvalue weighted by atomic mass is 32.2. The lowest BCUT2D eigenvalue weighted by Crippen LogP contribution is -2.28. The number of hydrogen-bond donors (Lipinski definition) is 0. The van der Waals surface area contributed by atoms with Gasteiger partial charge in [-0.1, -0.05) is 0 Å². The van der Waals surface area contributed by atoms with Gasteiger partial charge in [0.25, 0.3) is 0 Å². The molecule has 0 aromatic carbocycles. The molecule has 7 heteroatoms. The van der Waals surface area contributed by atoms with Crippen molar-refractivity contribution in [2.75, 3.05) is 6.61 Å². The number of ether oxygens (including phenoxy) is 3. The molecule has 6 nitrogen and oxygen atoms in total. The first-order valence-corrected chi connectivity index (χ1v) is 6.46. The summed E-state index contributed by atoms with van der Waals surface area (Å²) in [6, 6.07) is 0. The maximum Gasteiger partial charge on any atom is 0.303 e. The maximum absolute atomic E-state index is 11.0. The molecule has 0 aliphatic carbocycles. The Kier molecular flexibility index (Phi) is 5.46. The van der Waals surface area contributed by atoms with Gasteiger partial charge in [-0.25, -0.2) is 0 Å². The second kappa shape index (κ2) is 6.63. The summed E-state index contributed by atoms with van der Waals surface area (Å²) in [6.07, 6.45) is 0.00616. The lowest BCUT2D eigenvalue weighted by molar-refractivity contribution is -0.149. The fourth-order valence-corrected chi connectivity index (χ4v) is 2.99. The Labute approximate surface area is 109 Å². The zero-order valence-corrected chi connectivity index (χ0v) is 11.3. The van der Waals surface area contributed by atoms with E-state index in [9.17, 15) is 14.4 Å². The van der Waals surface area contributed by atoms with Gasteiger partial charge in [0.15, 0.2) is 5.44 Å². The molecular weight excluding hydrogens is 260 g/mol. The minimum absolute atomic E-state index is 0.135. The van der Waals surface area contributed by atoms with Crippen LogP contribution in [-0.4, -0.2) is 41.3 Å². The Bertz CT molecular complexity index is 342. The van der Waals surface area contributed by atoms with Gasteiger partial charge in [0, 0.05) is 27.2 Å². The molecule has 0 amide bonds. The van der Waals surface area contributed by atoms with Crippen molar-refractivity contribution in [3.63, 3.8) is 0 Å². The van der Waals surface area contributed by atoms with Crippen LogP contribution < -0.4 is 0 Å². The first-order valence-electron chi connectivity index (χ1n) is 5.51. The largest absolute Gasteiger partial charge is 0.465 e. The number of carbonyl (C=O) groups excluding carboxylic acids is 3. The minimum atomic E-state index is -0.406.